The van der Waals surface area contributed by atoms with Gasteiger partial charge >= 0.3 is 6.09 Å². The van der Waals surface area contributed by atoms with Crippen molar-refractivity contribution in [2.45, 2.75) is 13.0 Å². The van der Waals surface area contributed by atoms with Gasteiger partial charge in [0, 0.05) is 12.6 Å². The van der Waals surface area contributed by atoms with Crippen LogP contribution >= 0.6 is 0 Å². The van der Waals surface area contributed by atoms with E-state index in [1.807, 2.05) is 36.4 Å². The van der Waals surface area contributed by atoms with E-state index in [0.29, 0.717) is 13.1 Å². The largest absolute Gasteiger partial charge is 0.508 e. The highest BCUT2D eigenvalue weighted by molar-refractivity contribution is 5.90. The van der Waals surface area contributed by atoms with E-state index in [4.69, 9.17) is 4.74 Å². The summed E-state index contributed by atoms with van der Waals surface area (Å²) in [5, 5.41) is 12.0. The maximum Gasteiger partial charge on any atom is 0.414 e. The molecule has 0 radical (unpaired) electrons. The number of phenols is 1. The van der Waals surface area contributed by atoms with E-state index in [-0.39, 0.29) is 17.8 Å². The van der Waals surface area contributed by atoms with Crippen LogP contribution in [0.3, 0.4) is 0 Å². The van der Waals surface area contributed by atoms with Crippen molar-refractivity contribution in [2.24, 2.45) is 0 Å². The van der Waals surface area contributed by atoms with Crippen molar-refractivity contribution < 1.29 is 19.4 Å². The molecule has 2 aromatic carbocycles. The highest BCUT2D eigenvalue weighted by Gasteiger charge is 2.32. The number of nitrogens with zero attached hydrogens (tertiary/aromatic N) is 1. The van der Waals surface area contributed by atoms with Gasteiger partial charge in [0.15, 0.2) is 0 Å². The van der Waals surface area contributed by atoms with Crippen LogP contribution in [0.25, 0.3) is 11.1 Å². The number of aromatic hydroxyl groups is 1. The summed E-state index contributed by atoms with van der Waals surface area (Å²) in [4.78, 5) is 24.5. The van der Waals surface area contributed by atoms with Crippen molar-refractivity contribution in [2.75, 3.05) is 18.0 Å². The van der Waals surface area contributed by atoms with Crippen LogP contribution in [0, 0.1) is 0 Å². The third-order valence-corrected chi connectivity index (χ3v) is 3.83. The molecular formula is C18H18N2O4. The van der Waals surface area contributed by atoms with E-state index in [1.54, 1.807) is 17.0 Å². The van der Waals surface area contributed by atoms with Crippen molar-refractivity contribution in [3.8, 4) is 16.9 Å². The Balaban J connectivity index is 1.70. The Hall–Kier alpha value is -3.02. The first-order chi connectivity index (χ1) is 11.5. The average Bonchev–Trinajstić information content (AvgIpc) is 2.95. The number of anilines is 1. The minimum atomic E-state index is -0.414. The molecule has 24 heavy (non-hydrogen) atoms. The second kappa shape index (κ2) is 6.62. The summed E-state index contributed by atoms with van der Waals surface area (Å²) in [6.45, 7) is 2.14. The Kier molecular flexibility index (Phi) is 4.37. The predicted octanol–water partition coefficient (Wildman–Crippen LogP) is 2.52. The SMILES string of the molecule is CC(=O)NC[C@H]1CN(c2ccc(-c3ccc(O)cc3)cc2)C(=O)O1. The first kappa shape index (κ1) is 15.9. The summed E-state index contributed by atoms with van der Waals surface area (Å²) in [7, 11) is 0. The fourth-order valence-corrected chi connectivity index (χ4v) is 2.58. The second-order valence-corrected chi connectivity index (χ2v) is 5.65. The van der Waals surface area contributed by atoms with Crippen LogP contribution in [0.4, 0.5) is 10.5 Å². The number of nitrogens with one attached hydrogen (secondary N) is 1. The monoisotopic (exact) mass is 326 g/mol. The number of amides is 2. The van der Waals surface area contributed by atoms with Gasteiger partial charge < -0.3 is 15.2 Å². The highest BCUT2D eigenvalue weighted by Crippen LogP contribution is 2.27. The van der Waals surface area contributed by atoms with Gasteiger partial charge in [-0.2, -0.15) is 0 Å². The van der Waals surface area contributed by atoms with Crippen LogP contribution in [0.1, 0.15) is 6.92 Å². The average molecular weight is 326 g/mol. The van der Waals surface area contributed by atoms with E-state index in [0.717, 1.165) is 16.8 Å². The smallest absolute Gasteiger partial charge is 0.414 e. The molecule has 0 aliphatic carbocycles. The molecular weight excluding hydrogens is 308 g/mol. The van der Waals surface area contributed by atoms with Crippen molar-refractivity contribution in [3.63, 3.8) is 0 Å². The summed E-state index contributed by atoms with van der Waals surface area (Å²) in [6.07, 6.45) is -0.763. The minimum Gasteiger partial charge on any atom is -0.508 e. The van der Waals surface area contributed by atoms with Gasteiger partial charge in [0.2, 0.25) is 5.91 Å². The van der Waals surface area contributed by atoms with Gasteiger partial charge in [-0.05, 0) is 35.4 Å². The molecule has 0 saturated carbocycles. The van der Waals surface area contributed by atoms with E-state index in [9.17, 15) is 14.7 Å². The summed E-state index contributed by atoms with van der Waals surface area (Å²) in [5.41, 5.74) is 2.71. The Labute approximate surface area is 139 Å². The molecule has 1 fully saturated rings. The Bertz CT molecular complexity index is 741. The molecule has 1 saturated heterocycles. The Morgan fingerprint density at radius 1 is 1.17 bits per heavy atom. The van der Waals surface area contributed by atoms with E-state index < -0.39 is 6.09 Å². The summed E-state index contributed by atoms with van der Waals surface area (Å²) < 4.78 is 5.25. The van der Waals surface area contributed by atoms with Gasteiger partial charge in [0.25, 0.3) is 0 Å². The van der Waals surface area contributed by atoms with Crippen LogP contribution < -0.4 is 10.2 Å². The Morgan fingerprint density at radius 3 is 2.33 bits per heavy atom. The molecule has 1 aliphatic rings. The number of hydrogen-bond donors (Lipinski definition) is 2. The molecule has 2 N–H and O–H groups in total. The number of rotatable bonds is 4. The third kappa shape index (κ3) is 3.48. The lowest BCUT2D eigenvalue weighted by Crippen LogP contribution is -2.33. The molecule has 0 unspecified atom stereocenters. The maximum atomic E-state index is 12.0. The molecule has 0 spiro atoms. The number of carbonyl (C=O) groups is 2. The van der Waals surface area contributed by atoms with Crippen LogP contribution in [0.5, 0.6) is 5.75 Å². The molecule has 2 aromatic rings. The maximum absolute atomic E-state index is 12.0. The lowest BCUT2D eigenvalue weighted by atomic mass is 10.1. The van der Waals surface area contributed by atoms with Gasteiger partial charge in [0.05, 0.1) is 13.1 Å². The van der Waals surface area contributed by atoms with E-state index in [1.165, 1.54) is 6.92 Å². The molecule has 0 aromatic heterocycles. The van der Waals surface area contributed by atoms with Gasteiger partial charge in [-0.25, -0.2) is 4.79 Å². The predicted molar refractivity (Wildman–Crippen MR) is 89.8 cm³/mol. The van der Waals surface area contributed by atoms with Gasteiger partial charge in [-0.15, -0.1) is 0 Å². The molecule has 6 nitrogen and oxygen atoms in total. The Morgan fingerprint density at radius 2 is 1.75 bits per heavy atom. The number of cyclic esters (lactones) is 1. The molecule has 0 bridgehead atoms. The molecule has 1 heterocycles. The van der Waals surface area contributed by atoms with Crippen LogP contribution in [0.15, 0.2) is 48.5 Å². The molecule has 2 amide bonds. The van der Waals surface area contributed by atoms with Gasteiger partial charge in [-0.3, -0.25) is 9.69 Å². The van der Waals surface area contributed by atoms with Crippen LogP contribution in [0.2, 0.25) is 0 Å². The standard InChI is InChI=1S/C18H18N2O4/c1-12(21)19-10-17-11-20(18(23)24-17)15-6-2-13(3-7-15)14-4-8-16(22)9-5-14/h2-9,17,22H,10-11H2,1H3,(H,19,21)/t17-/m0/s1. The molecule has 124 valence electrons. The van der Waals surface area contributed by atoms with Crippen LogP contribution in [-0.2, 0) is 9.53 Å². The molecule has 6 heteroatoms. The zero-order valence-electron chi connectivity index (χ0n) is 13.2. The third-order valence-electron chi connectivity index (χ3n) is 3.83. The number of hydrogen-bond acceptors (Lipinski definition) is 4. The van der Waals surface area contributed by atoms with Gasteiger partial charge in [0.1, 0.15) is 11.9 Å². The summed E-state index contributed by atoms with van der Waals surface area (Å²) >= 11 is 0. The molecule has 1 atom stereocenters. The topological polar surface area (TPSA) is 78.9 Å². The summed E-state index contributed by atoms with van der Waals surface area (Å²) in [5.74, 6) is 0.0724. The lowest BCUT2D eigenvalue weighted by Gasteiger charge is -2.13. The zero-order valence-corrected chi connectivity index (χ0v) is 13.2. The molecule has 3 rings (SSSR count). The van der Waals surface area contributed by atoms with Crippen molar-refractivity contribution in [1.29, 1.82) is 0 Å². The summed E-state index contributed by atoms with van der Waals surface area (Å²) in [6, 6.07) is 14.5. The van der Waals surface area contributed by atoms with E-state index in [2.05, 4.69) is 5.32 Å². The van der Waals surface area contributed by atoms with Crippen LogP contribution in [-0.4, -0.2) is 36.3 Å². The normalized spacial score (nSPS) is 16.8. The van der Waals surface area contributed by atoms with E-state index >= 15 is 0 Å². The lowest BCUT2D eigenvalue weighted by molar-refractivity contribution is -0.119. The fourth-order valence-electron chi connectivity index (χ4n) is 2.58. The highest BCUT2D eigenvalue weighted by atomic mass is 16.6. The quantitative estimate of drug-likeness (QED) is 0.905. The number of carbonyl (C=O) groups excluding carboxylic acids is 2. The zero-order chi connectivity index (χ0) is 17.1. The first-order valence-corrected chi connectivity index (χ1v) is 7.65. The fraction of sp³-hybridized carbons (Fsp3) is 0.222. The van der Waals surface area contributed by atoms with Crippen molar-refractivity contribution >= 4 is 17.7 Å². The van der Waals surface area contributed by atoms with Crippen molar-refractivity contribution in [3.05, 3.63) is 48.5 Å². The van der Waals surface area contributed by atoms with Crippen molar-refractivity contribution in [1.82, 2.24) is 5.32 Å². The minimum absolute atomic E-state index is 0.150. The molecule has 1 aliphatic heterocycles. The number of benzene rings is 2. The number of phenolic OH excluding ortho intramolecular Hbond substituents is 1. The van der Waals surface area contributed by atoms with Gasteiger partial charge in [-0.1, -0.05) is 24.3 Å². The number of ether oxygens (including phenoxy) is 1. The second-order valence-electron chi connectivity index (χ2n) is 5.65. The first-order valence-electron chi connectivity index (χ1n) is 7.65.